The lowest BCUT2D eigenvalue weighted by Crippen LogP contribution is -2.12. The van der Waals surface area contributed by atoms with Crippen LogP contribution in [0.2, 0.25) is 0 Å². The van der Waals surface area contributed by atoms with Crippen LogP contribution in [-0.2, 0) is 6.61 Å². The molecule has 7 heteroatoms. The Morgan fingerprint density at radius 2 is 2.29 bits per heavy atom. The summed E-state index contributed by atoms with van der Waals surface area (Å²) in [6.45, 7) is -0.0564. The number of nitrogens with zero attached hydrogens (tertiary/aromatic N) is 2. The van der Waals surface area contributed by atoms with Gasteiger partial charge in [0.2, 0.25) is 0 Å². The van der Waals surface area contributed by atoms with Crippen molar-refractivity contribution in [2.75, 3.05) is 0 Å². The predicted molar refractivity (Wildman–Crippen MR) is 75.7 cm³/mol. The highest BCUT2D eigenvalue weighted by Crippen LogP contribution is 2.21. The van der Waals surface area contributed by atoms with Crippen molar-refractivity contribution in [3.05, 3.63) is 57.2 Å². The van der Waals surface area contributed by atoms with Crippen molar-refractivity contribution >= 4 is 21.6 Å². The molecule has 0 saturated heterocycles. The summed E-state index contributed by atoms with van der Waals surface area (Å²) in [5.74, 6) is -0.214. The number of halogens is 1. The lowest BCUT2D eigenvalue weighted by Gasteiger charge is -2.07. The van der Waals surface area contributed by atoms with E-state index >= 15 is 0 Å². The molecule has 0 bridgehead atoms. The van der Waals surface area contributed by atoms with Crippen molar-refractivity contribution in [1.29, 1.82) is 5.26 Å². The summed E-state index contributed by atoms with van der Waals surface area (Å²) in [6.07, 6.45) is 0. The molecular weight excluding hydrogens is 293 g/mol. The van der Waals surface area contributed by atoms with E-state index < -0.39 is 5.82 Å². The van der Waals surface area contributed by atoms with Crippen LogP contribution in [0, 0.1) is 17.1 Å². The molecule has 0 aliphatic carbocycles. The molecule has 0 aliphatic heterocycles. The van der Waals surface area contributed by atoms with E-state index in [2.05, 4.69) is 9.97 Å². The zero-order valence-electron chi connectivity index (χ0n) is 10.6. The average molecular weight is 301 g/mol. The van der Waals surface area contributed by atoms with Crippen LogP contribution in [0.4, 0.5) is 4.39 Å². The second-order valence-corrected chi connectivity index (χ2v) is 5.08. The Kier molecular flexibility index (Phi) is 3.38. The number of hydrogen-bond acceptors (Lipinski definition) is 5. The number of benzene rings is 1. The smallest absolute Gasteiger partial charge is 0.268 e. The van der Waals surface area contributed by atoms with Crippen molar-refractivity contribution < 1.29 is 9.13 Å². The Labute approximate surface area is 122 Å². The van der Waals surface area contributed by atoms with Gasteiger partial charge < -0.3 is 9.72 Å². The average Bonchev–Trinajstić information content (AvgIpc) is 2.94. The van der Waals surface area contributed by atoms with Crippen molar-refractivity contribution in [2.24, 2.45) is 0 Å². The van der Waals surface area contributed by atoms with Crippen molar-refractivity contribution in [3.63, 3.8) is 0 Å². The molecule has 0 atom stereocenters. The zero-order chi connectivity index (χ0) is 14.8. The fraction of sp³-hybridized carbons (Fsp3) is 0.0714. The van der Waals surface area contributed by atoms with Crippen molar-refractivity contribution in [2.45, 2.75) is 6.61 Å². The summed E-state index contributed by atoms with van der Waals surface area (Å²) in [5.41, 5.74) is 0.173. The van der Waals surface area contributed by atoms with Crippen molar-refractivity contribution in [1.82, 2.24) is 9.97 Å². The van der Waals surface area contributed by atoms with Gasteiger partial charge in [0.1, 0.15) is 40.3 Å². The van der Waals surface area contributed by atoms with E-state index in [1.807, 2.05) is 0 Å². The molecule has 0 spiro atoms. The molecule has 0 amide bonds. The summed E-state index contributed by atoms with van der Waals surface area (Å²) >= 11 is 1.31. The highest BCUT2D eigenvalue weighted by Gasteiger charge is 2.10. The molecule has 2 heterocycles. The van der Waals surface area contributed by atoms with Crippen LogP contribution in [0.25, 0.3) is 10.2 Å². The fourth-order valence-corrected chi connectivity index (χ4v) is 2.59. The number of ether oxygens (including phenoxy) is 1. The maximum absolute atomic E-state index is 13.4. The number of aromatic amines is 1. The summed E-state index contributed by atoms with van der Waals surface area (Å²) < 4.78 is 19.4. The molecule has 1 N–H and O–H groups in total. The second-order valence-electron chi connectivity index (χ2n) is 4.16. The molecule has 5 nitrogen and oxygen atoms in total. The molecule has 0 aliphatic rings. The van der Waals surface area contributed by atoms with E-state index in [1.165, 1.54) is 29.5 Å². The lowest BCUT2D eigenvalue weighted by molar-refractivity contribution is 0.293. The first-order valence-corrected chi connectivity index (χ1v) is 6.85. The molecule has 0 saturated carbocycles. The normalized spacial score (nSPS) is 10.5. The first-order chi connectivity index (χ1) is 10.2. The lowest BCUT2D eigenvalue weighted by atomic mass is 10.2. The Morgan fingerprint density at radius 3 is 3.10 bits per heavy atom. The van der Waals surface area contributed by atoms with Gasteiger partial charge in [-0.3, -0.25) is 4.79 Å². The Hall–Kier alpha value is -2.72. The van der Waals surface area contributed by atoms with Crippen LogP contribution in [0.3, 0.4) is 0 Å². The van der Waals surface area contributed by atoms with Crippen LogP contribution in [0.1, 0.15) is 11.4 Å². The largest absolute Gasteiger partial charge is 0.484 e. The van der Waals surface area contributed by atoms with Gasteiger partial charge in [-0.15, -0.1) is 11.3 Å². The van der Waals surface area contributed by atoms with Gasteiger partial charge in [0, 0.05) is 0 Å². The first-order valence-electron chi connectivity index (χ1n) is 5.97. The molecule has 1 aromatic carbocycles. The number of H-pyrrole nitrogens is 1. The third-order valence-corrected chi connectivity index (χ3v) is 3.72. The fourth-order valence-electron chi connectivity index (χ4n) is 1.87. The van der Waals surface area contributed by atoms with E-state index in [-0.39, 0.29) is 23.5 Å². The van der Waals surface area contributed by atoms with E-state index in [0.717, 1.165) is 0 Å². The third kappa shape index (κ3) is 2.49. The highest BCUT2D eigenvalue weighted by molar-refractivity contribution is 7.17. The standard InChI is InChI=1S/C14H8FN3O2S/c15-9-2-1-3-11(8(9)6-16)20-7-12-17-10-4-5-21-13(10)14(19)18-12/h1-5H,7H2,(H,17,18,19). The number of nitriles is 1. The molecular formula is C14H8FN3O2S. The SMILES string of the molecule is N#Cc1c(F)cccc1OCc1nc2ccsc2c(=O)[nH]1. The second kappa shape index (κ2) is 5.34. The maximum atomic E-state index is 13.4. The highest BCUT2D eigenvalue weighted by atomic mass is 32.1. The van der Waals surface area contributed by atoms with E-state index in [0.29, 0.717) is 16.0 Å². The van der Waals surface area contributed by atoms with Gasteiger partial charge in [-0.05, 0) is 23.6 Å². The summed E-state index contributed by atoms with van der Waals surface area (Å²) in [5, 5.41) is 10.7. The number of fused-ring (bicyclic) bond motifs is 1. The predicted octanol–water partition coefficient (Wildman–Crippen LogP) is 2.57. The molecule has 3 rings (SSSR count). The van der Waals surface area contributed by atoms with Gasteiger partial charge >= 0.3 is 0 Å². The number of nitrogens with one attached hydrogen (secondary N) is 1. The Bertz CT molecular complexity index is 910. The Morgan fingerprint density at radius 1 is 1.43 bits per heavy atom. The topological polar surface area (TPSA) is 78.8 Å². The van der Waals surface area contributed by atoms with E-state index in [4.69, 9.17) is 10.00 Å². The van der Waals surface area contributed by atoms with Gasteiger partial charge in [0.25, 0.3) is 5.56 Å². The van der Waals surface area contributed by atoms with Gasteiger partial charge in [-0.25, -0.2) is 9.37 Å². The maximum Gasteiger partial charge on any atom is 0.268 e. The first kappa shape index (κ1) is 13.3. The van der Waals surface area contributed by atoms with Crippen molar-refractivity contribution in [3.8, 4) is 11.8 Å². The van der Waals surface area contributed by atoms with Crippen LogP contribution in [0.15, 0.2) is 34.4 Å². The number of rotatable bonds is 3. The molecule has 3 aromatic rings. The van der Waals surface area contributed by atoms with Crippen LogP contribution in [0.5, 0.6) is 5.75 Å². The van der Waals surface area contributed by atoms with Crippen LogP contribution < -0.4 is 10.3 Å². The molecule has 0 radical (unpaired) electrons. The Balaban J connectivity index is 1.89. The van der Waals surface area contributed by atoms with Crippen LogP contribution in [-0.4, -0.2) is 9.97 Å². The molecule has 104 valence electrons. The van der Waals surface area contributed by atoms with Crippen LogP contribution >= 0.6 is 11.3 Å². The minimum absolute atomic E-state index is 0.0564. The monoisotopic (exact) mass is 301 g/mol. The molecule has 21 heavy (non-hydrogen) atoms. The third-order valence-electron chi connectivity index (χ3n) is 2.82. The zero-order valence-corrected chi connectivity index (χ0v) is 11.4. The molecule has 0 unspecified atom stereocenters. The molecule has 0 fully saturated rings. The molecule has 2 aromatic heterocycles. The van der Waals surface area contributed by atoms with Gasteiger partial charge in [-0.2, -0.15) is 5.26 Å². The number of hydrogen-bond donors (Lipinski definition) is 1. The summed E-state index contributed by atoms with van der Waals surface area (Å²) in [4.78, 5) is 18.6. The number of thiophene rings is 1. The van der Waals surface area contributed by atoms with Gasteiger partial charge in [0.05, 0.1) is 5.52 Å². The quantitative estimate of drug-likeness (QED) is 0.806. The van der Waals surface area contributed by atoms with E-state index in [9.17, 15) is 9.18 Å². The van der Waals surface area contributed by atoms with E-state index in [1.54, 1.807) is 17.5 Å². The van der Waals surface area contributed by atoms with Gasteiger partial charge in [-0.1, -0.05) is 6.07 Å². The summed E-state index contributed by atoms with van der Waals surface area (Å²) in [7, 11) is 0. The number of aromatic nitrogens is 2. The minimum Gasteiger partial charge on any atom is -0.484 e. The van der Waals surface area contributed by atoms with Gasteiger partial charge in [0.15, 0.2) is 0 Å². The summed E-state index contributed by atoms with van der Waals surface area (Å²) in [6, 6.07) is 7.60. The minimum atomic E-state index is -0.648.